The van der Waals surface area contributed by atoms with Crippen LogP contribution in [0.1, 0.15) is 36.9 Å². The van der Waals surface area contributed by atoms with Gasteiger partial charge in [0, 0.05) is 25.2 Å². The van der Waals surface area contributed by atoms with Gasteiger partial charge in [0.15, 0.2) is 5.96 Å². The Balaban J connectivity index is 1.70. The van der Waals surface area contributed by atoms with Crippen molar-refractivity contribution in [3.63, 3.8) is 0 Å². The van der Waals surface area contributed by atoms with Crippen molar-refractivity contribution in [2.24, 2.45) is 4.99 Å². The van der Waals surface area contributed by atoms with Crippen molar-refractivity contribution < 1.29 is 9.66 Å². The fraction of sp³-hybridized carbons (Fsp3) is 0.435. The summed E-state index contributed by atoms with van der Waals surface area (Å²) in [7, 11) is 1.69. The largest absolute Gasteiger partial charge is 0.497 e. The standard InChI is InChI=1S/C23H31N5O3/c1-3-24-23(25-16-18-9-11-20(12-10-18)28(29)30)26-17-22(27-13-4-5-14-27)19-7-6-8-21(15-19)31-2/h6-12,15,22H,3-5,13-14,16-17H2,1-2H3,(H2,24,25,26). The van der Waals surface area contributed by atoms with Gasteiger partial charge in [0.25, 0.3) is 5.69 Å². The number of hydrogen-bond donors (Lipinski definition) is 2. The Morgan fingerprint density at radius 1 is 1.19 bits per heavy atom. The SMILES string of the molecule is CCNC(=NCc1ccc([N+](=O)[O-])cc1)NCC(c1cccc(OC)c1)N1CCCC1. The van der Waals surface area contributed by atoms with E-state index >= 15 is 0 Å². The maximum atomic E-state index is 10.8. The fourth-order valence-corrected chi connectivity index (χ4v) is 3.79. The van der Waals surface area contributed by atoms with Crippen LogP contribution in [-0.4, -0.2) is 49.1 Å². The molecule has 2 aromatic rings. The van der Waals surface area contributed by atoms with E-state index in [9.17, 15) is 10.1 Å². The van der Waals surface area contributed by atoms with E-state index < -0.39 is 4.92 Å². The summed E-state index contributed by atoms with van der Waals surface area (Å²) in [5, 5.41) is 17.6. The lowest BCUT2D eigenvalue weighted by Gasteiger charge is -2.29. The molecule has 1 aliphatic heterocycles. The summed E-state index contributed by atoms with van der Waals surface area (Å²) in [5.74, 6) is 1.59. The molecule has 0 amide bonds. The average Bonchev–Trinajstić information content (AvgIpc) is 3.32. The molecule has 1 saturated heterocycles. The van der Waals surface area contributed by atoms with Gasteiger partial charge in [-0.1, -0.05) is 24.3 Å². The van der Waals surface area contributed by atoms with Gasteiger partial charge >= 0.3 is 0 Å². The third-order valence-electron chi connectivity index (χ3n) is 5.43. The number of rotatable bonds is 9. The van der Waals surface area contributed by atoms with E-state index in [0.29, 0.717) is 6.54 Å². The molecule has 166 valence electrons. The van der Waals surface area contributed by atoms with Crippen LogP contribution in [0.3, 0.4) is 0 Å². The molecule has 0 bridgehead atoms. The Labute approximate surface area is 183 Å². The number of methoxy groups -OCH3 is 1. The Morgan fingerprint density at radius 3 is 2.58 bits per heavy atom. The lowest BCUT2D eigenvalue weighted by Crippen LogP contribution is -2.42. The first-order chi connectivity index (χ1) is 15.1. The van der Waals surface area contributed by atoms with Gasteiger partial charge in [0.2, 0.25) is 0 Å². The summed E-state index contributed by atoms with van der Waals surface area (Å²) in [6, 6.07) is 15.0. The number of nitro groups is 1. The van der Waals surface area contributed by atoms with Gasteiger partial charge in [0.1, 0.15) is 5.75 Å². The highest BCUT2D eigenvalue weighted by Crippen LogP contribution is 2.27. The zero-order valence-corrected chi connectivity index (χ0v) is 18.2. The predicted molar refractivity (Wildman–Crippen MR) is 122 cm³/mol. The van der Waals surface area contributed by atoms with Crippen LogP contribution in [0.4, 0.5) is 5.69 Å². The zero-order valence-electron chi connectivity index (χ0n) is 18.2. The number of nitrogens with zero attached hydrogens (tertiary/aromatic N) is 3. The Kier molecular flexibility index (Phi) is 8.23. The second-order valence-electron chi connectivity index (χ2n) is 7.54. The molecule has 2 aromatic carbocycles. The third kappa shape index (κ3) is 6.42. The summed E-state index contributed by atoms with van der Waals surface area (Å²) in [5.41, 5.74) is 2.23. The van der Waals surface area contributed by atoms with Crippen molar-refractivity contribution in [1.82, 2.24) is 15.5 Å². The van der Waals surface area contributed by atoms with E-state index in [0.717, 1.165) is 43.5 Å². The number of nitrogens with one attached hydrogen (secondary N) is 2. The first-order valence-corrected chi connectivity index (χ1v) is 10.7. The monoisotopic (exact) mass is 425 g/mol. The van der Waals surface area contributed by atoms with Crippen molar-refractivity contribution in [2.45, 2.75) is 32.4 Å². The smallest absolute Gasteiger partial charge is 0.269 e. The number of non-ortho nitro benzene ring substituents is 1. The minimum Gasteiger partial charge on any atom is -0.497 e. The summed E-state index contributed by atoms with van der Waals surface area (Å²) in [6.45, 7) is 6.11. The minimum atomic E-state index is -0.393. The third-order valence-corrected chi connectivity index (χ3v) is 5.43. The molecule has 0 saturated carbocycles. The molecule has 1 atom stereocenters. The van der Waals surface area contributed by atoms with Crippen LogP contribution in [0.2, 0.25) is 0 Å². The lowest BCUT2D eigenvalue weighted by atomic mass is 10.1. The maximum absolute atomic E-state index is 10.8. The highest BCUT2D eigenvalue weighted by atomic mass is 16.6. The predicted octanol–water partition coefficient (Wildman–Crippen LogP) is 3.50. The van der Waals surface area contributed by atoms with Gasteiger partial charge in [-0.05, 0) is 56.1 Å². The van der Waals surface area contributed by atoms with Crippen molar-refractivity contribution >= 4 is 11.6 Å². The number of likely N-dealkylation sites (tertiary alicyclic amines) is 1. The summed E-state index contributed by atoms with van der Waals surface area (Å²) in [6.07, 6.45) is 2.43. The number of nitro benzene ring substituents is 1. The van der Waals surface area contributed by atoms with Gasteiger partial charge < -0.3 is 15.4 Å². The van der Waals surface area contributed by atoms with Crippen LogP contribution in [0.15, 0.2) is 53.5 Å². The molecule has 0 aliphatic carbocycles. The summed E-state index contributed by atoms with van der Waals surface area (Å²) < 4.78 is 5.43. The summed E-state index contributed by atoms with van der Waals surface area (Å²) >= 11 is 0. The van der Waals surface area contributed by atoms with Crippen LogP contribution in [0.5, 0.6) is 5.75 Å². The normalized spacial score (nSPS) is 15.5. The van der Waals surface area contributed by atoms with E-state index in [1.54, 1.807) is 19.2 Å². The molecule has 0 aromatic heterocycles. The van der Waals surface area contributed by atoms with Gasteiger partial charge in [-0.3, -0.25) is 15.0 Å². The number of hydrogen-bond acceptors (Lipinski definition) is 5. The first-order valence-electron chi connectivity index (χ1n) is 10.7. The van der Waals surface area contributed by atoms with Crippen molar-refractivity contribution in [3.8, 4) is 5.75 Å². The quantitative estimate of drug-likeness (QED) is 0.277. The Morgan fingerprint density at radius 2 is 1.94 bits per heavy atom. The molecular formula is C23H31N5O3. The van der Waals surface area contributed by atoms with Crippen LogP contribution in [0, 0.1) is 10.1 Å². The van der Waals surface area contributed by atoms with Crippen molar-refractivity contribution in [2.75, 3.05) is 33.3 Å². The minimum absolute atomic E-state index is 0.0875. The fourth-order valence-electron chi connectivity index (χ4n) is 3.79. The van der Waals surface area contributed by atoms with Crippen LogP contribution in [-0.2, 0) is 6.54 Å². The molecule has 3 rings (SSSR count). The van der Waals surface area contributed by atoms with E-state index in [1.807, 2.05) is 19.1 Å². The van der Waals surface area contributed by atoms with Crippen LogP contribution < -0.4 is 15.4 Å². The first kappa shape index (κ1) is 22.6. The summed E-state index contributed by atoms with van der Waals surface area (Å²) in [4.78, 5) is 17.6. The van der Waals surface area contributed by atoms with Crippen molar-refractivity contribution in [3.05, 3.63) is 69.8 Å². The molecule has 1 unspecified atom stereocenters. The highest BCUT2D eigenvalue weighted by molar-refractivity contribution is 5.79. The number of guanidine groups is 1. The van der Waals surface area contributed by atoms with Gasteiger partial charge in [-0.2, -0.15) is 0 Å². The number of benzene rings is 2. The topological polar surface area (TPSA) is 92.0 Å². The molecule has 1 fully saturated rings. The second-order valence-corrected chi connectivity index (χ2v) is 7.54. The molecular weight excluding hydrogens is 394 g/mol. The molecule has 8 nitrogen and oxygen atoms in total. The average molecular weight is 426 g/mol. The van der Waals surface area contributed by atoms with Gasteiger partial charge in [0.05, 0.1) is 24.6 Å². The van der Waals surface area contributed by atoms with E-state index in [4.69, 9.17) is 4.74 Å². The molecule has 2 N–H and O–H groups in total. The zero-order chi connectivity index (χ0) is 22.1. The number of aliphatic imine (C=N–C) groups is 1. The van der Waals surface area contributed by atoms with Gasteiger partial charge in [-0.15, -0.1) is 0 Å². The van der Waals surface area contributed by atoms with Crippen LogP contribution in [0.25, 0.3) is 0 Å². The highest BCUT2D eigenvalue weighted by Gasteiger charge is 2.24. The molecule has 0 spiro atoms. The number of ether oxygens (including phenoxy) is 1. The molecule has 1 heterocycles. The van der Waals surface area contributed by atoms with E-state index in [-0.39, 0.29) is 11.7 Å². The second kappa shape index (κ2) is 11.3. The van der Waals surface area contributed by atoms with Crippen LogP contribution >= 0.6 is 0 Å². The molecule has 0 radical (unpaired) electrons. The lowest BCUT2D eigenvalue weighted by molar-refractivity contribution is -0.384. The Bertz CT molecular complexity index is 879. The molecule has 31 heavy (non-hydrogen) atoms. The van der Waals surface area contributed by atoms with E-state index in [2.05, 4.69) is 32.7 Å². The molecule has 1 aliphatic rings. The van der Waals surface area contributed by atoms with Gasteiger partial charge in [-0.25, -0.2) is 4.99 Å². The Hall–Kier alpha value is -3.13. The van der Waals surface area contributed by atoms with Crippen molar-refractivity contribution in [1.29, 1.82) is 0 Å². The maximum Gasteiger partial charge on any atom is 0.269 e. The van der Waals surface area contributed by atoms with E-state index in [1.165, 1.54) is 30.5 Å². The molecule has 8 heteroatoms.